The summed E-state index contributed by atoms with van der Waals surface area (Å²) in [6, 6.07) is 0. The molecule has 0 aromatic rings. The third-order valence-corrected chi connectivity index (χ3v) is 9.21. The van der Waals surface area contributed by atoms with Crippen LogP contribution in [0, 0.1) is 0 Å². The van der Waals surface area contributed by atoms with Gasteiger partial charge in [-0.05, 0) is 38.5 Å². The lowest BCUT2D eigenvalue weighted by molar-refractivity contribution is -0.870. The largest absolute Gasteiger partial charge is 0.477 e. The van der Waals surface area contributed by atoms with E-state index in [2.05, 4.69) is 38.2 Å². The molecule has 0 amide bonds. The highest BCUT2D eigenvalue weighted by Crippen LogP contribution is 2.14. The van der Waals surface area contributed by atoms with Crippen molar-refractivity contribution in [1.82, 2.24) is 0 Å². The Morgan fingerprint density at radius 1 is 0.566 bits per heavy atom. The monoisotopic (exact) mass is 753 g/mol. The third-order valence-electron chi connectivity index (χ3n) is 9.21. The molecule has 53 heavy (non-hydrogen) atoms. The molecule has 0 bridgehead atoms. The molecule has 0 spiro atoms. The lowest BCUT2D eigenvalue weighted by Gasteiger charge is -2.25. The number of likely N-dealkylation sites (N-methyl/N-ethyl adjacent to an activating group) is 1. The minimum absolute atomic E-state index is 0.184. The molecule has 0 aliphatic heterocycles. The third kappa shape index (κ3) is 37.9. The van der Waals surface area contributed by atoms with Crippen LogP contribution in [0.1, 0.15) is 181 Å². The molecule has 2 unspecified atom stereocenters. The maximum atomic E-state index is 12.7. The van der Waals surface area contributed by atoms with Crippen LogP contribution in [0.4, 0.5) is 0 Å². The molecule has 2 atom stereocenters. The second kappa shape index (κ2) is 36.7. The summed E-state index contributed by atoms with van der Waals surface area (Å²) in [5.41, 5.74) is 0. The van der Waals surface area contributed by atoms with Gasteiger partial charge in [0.2, 0.25) is 0 Å². The van der Waals surface area contributed by atoms with E-state index in [-0.39, 0.29) is 32.2 Å². The molecular formula is C44H82NO8+. The van der Waals surface area contributed by atoms with Gasteiger partial charge < -0.3 is 28.5 Å². The van der Waals surface area contributed by atoms with Crippen LogP contribution in [0.15, 0.2) is 24.3 Å². The van der Waals surface area contributed by atoms with Crippen molar-refractivity contribution in [3.63, 3.8) is 0 Å². The standard InChI is InChI=1S/C44H81NO8/c1-6-8-10-12-14-16-18-20-22-24-26-28-30-32-34-41(46)51-38-40(39-52-44(43(48)49)50-37-36-45(3,4)5)53-42(47)35-33-31-29-27-25-23-21-19-17-15-13-11-9-7-2/h13,15,19,21,40,44H,6-12,14,16-18,20,22-39H2,1-5H3/p+1/b15-13-,21-19-. The van der Waals surface area contributed by atoms with Crippen molar-refractivity contribution in [2.75, 3.05) is 47.5 Å². The highest BCUT2D eigenvalue weighted by molar-refractivity contribution is 5.71. The van der Waals surface area contributed by atoms with E-state index in [1.807, 2.05) is 21.1 Å². The zero-order valence-electron chi connectivity index (χ0n) is 34.9. The average molecular weight is 753 g/mol. The first-order chi connectivity index (χ1) is 25.6. The van der Waals surface area contributed by atoms with E-state index in [0.717, 1.165) is 64.2 Å². The number of quaternary nitrogens is 1. The van der Waals surface area contributed by atoms with Crippen LogP contribution in [0.3, 0.4) is 0 Å². The van der Waals surface area contributed by atoms with Gasteiger partial charge >= 0.3 is 17.9 Å². The first kappa shape index (κ1) is 50.8. The molecule has 9 nitrogen and oxygen atoms in total. The molecule has 0 heterocycles. The van der Waals surface area contributed by atoms with E-state index in [1.54, 1.807) is 0 Å². The summed E-state index contributed by atoms with van der Waals surface area (Å²) in [7, 11) is 5.95. The SMILES string of the molecule is CCCC/C=C\C/C=C\CCCCCCCC(=O)OC(COC(=O)CCCCCCCCCCCCCCCC)COC(OCC[N+](C)(C)C)C(=O)O. The molecule has 0 aliphatic rings. The van der Waals surface area contributed by atoms with Crippen molar-refractivity contribution in [2.24, 2.45) is 0 Å². The minimum Gasteiger partial charge on any atom is -0.477 e. The van der Waals surface area contributed by atoms with Gasteiger partial charge in [-0.3, -0.25) is 9.59 Å². The van der Waals surface area contributed by atoms with E-state index in [1.165, 1.54) is 83.5 Å². The number of nitrogens with zero attached hydrogens (tertiary/aromatic N) is 1. The number of hydrogen-bond donors (Lipinski definition) is 1. The molecule has 1 N–H and O–H groups in total. The Morgan fingerprint density at radius 3 is 1.55 bits per heavy atom. The lowest BCUT2D eigenvalue weighted by atomic mass is 10.0. The number of hydrogen-bond acceptors (Lipinski definition) is 7. The summed E-state index contributed by atoms with van der Waals surface area (Å²) in [5, 5.41) is 9.61. The second-order valence-corrected chi connectivity index (χ2v) is 15.7. The number of carboxylic acid groups (broad SMARTS) is 1. The van der Waals surface area contributed by atoms with E-state index in [4.69, 9.17) is 18.9 Å². The van der Waals surface area contributed by atoms with Gasteiger partial charge in [0.15, 0.2) is 6.10 Å². The Labute approximate surface area is 325 Å². The number of rotatable bonds is 39. The van der Waals surface area contributed by atoms with Crippen LogP contribution < -0.4 is 0 Å². The molecule has 0 rings (SSSR count). The average Bonchev–Trinajstić information content (AvgIpc) is 3.11. The number of esters is 2. The Bertz CT molecular complexity index is 929. The second-order valence-electron chi connectivity index (χ2n) is 15.7. The Morgan fingerprint density at radius 2 is 1.04 bits per heavy atom. The van der Waals surface area contributed by atoms with Crippen LogP contribution in [-0.4, -0.2) is 87.4 Å². The van der Waals surface area contributed by atoms with E-state index < -0.39 is 24.3 Å². The number of unbranched alkanes of at least 4 members (excludes halogenated alkanes) is 20. The van der Waals surface area contributed by atoms with Crippen molar-refractivity contribution < 1.29 is 42.9 Å². The summed E-state index contributed by atoms with van der Waals surface area (Å²) in [5.74, 6) is -2.02. The van der Waals surface area contributed by atoms with Gasteiger partial charge in [0.25, 0.3) is 6.29 Å². The highest BCUT2D eigenvalue weighted by Gasteiger charge is 2.25. The molecule has 0 fully saturated rings. The summed E-state index contributed by atoms with van der Waals surface area (Å²) in [4.78, 5) is 37.0. The van der Waals surface area contributed by atoms with E-state index >= 15 is 0 Å². The number of aliphatic carboxylic acids is 1. The van der Waals surface area contributed by atoms with Crippen LogP contribution in [-0.2, 0) is 33.3 Å². The van der Waals surface area contributed by atoms with Crippen LogP contribution >= 0.6 is 0 Å². The van der Waals surface area contributed by atoms with Gasteiger partial charge in [0.05, 0.1) is 34.4 Å². The zero-order chi connectivity index (χ0) is 39.3. The minimum atomic E-state index is -1.51. The van der Waals surface area contributed by atoms with Gasteiger partial charge in [-0.25, -0.2) is 4.79 Å². The molecule has 0 radical (unpaired) electrons. The zero-order valence-corrected chi connectivity index (χ0v) is 34.9. The van der Waals surface area contributed by atoms with Gasteiger partial charge in [0, 0.05) is 12.8 Å². The first-order valence-electron chi connectivity index (χ1n) is 21.5. The summed E-state index contributed by atoms with van der Waals surface area (Å²) >= 11 is 0. The summed E-state index contributed by atoms with van der Waals surface area (Å²) in [6.07, 6.45) is 35.1. The maximum Gasteiger partial charge on any atom is 0.361 e. The number of carboxylic acids is 1. The van der Waals surface area contributed by atoms with E-state index in [0.29, 0.717) is 23.9 Å². The van der Waals surface area contributed by atoms with Crippen molar-refractivity contribution in [1.29, 1.82) is 0 Å². The molecule has 0 aromatic carbocycles. The van der Waals surface area contributed by atoms with Gasteiger partial charge in [-0.1, -0.05) is 154 Å². The number of carbonyl (C=O) groups is 3. The molecule has 310 valence electrons. The molecule has 0 aliphatic carbocycles. The highest BCUT2D eigenvalue weighted by atomic mass is 16.7. The van der Waals surface area contributed by atoms with Gasteiger partial charge in [-0.2, -0.15) is 0 Å². The topological polar surface area (TPSA) is 108 Å². The fourth-order valence-electron chi connectivity index (χ4n) is 5.79. The summed E-state index contributed by atoms with van der Waals surface area (Å²) in [6.45, 7) is 4.81. The van der Waals surface area contributed by atoms with Crippen LogP contribution in [0.25, 0.3) is 0 Å². The summed E-state index contributed by atoms with van der Waals surface area (Å²) < 4.78 is 22.7. The predicted octanol–water partition coefficient (Wildman–Crippen LogP) is 10.9. The van der Waals surface area contributed by atoms with Crippen LogP contribution in [0.2, 0.25) is 0 Å². The molecule has 0 aromatic heterocycles. The maximum absolute atomic E-state index is 12.7. The normalized spacial score (nSPS) is 13.2. The van der Waals surface area contributed by atoms with Crippen LogP contribution in [0.5, 0.6) is 0 Å². The van der Waals surface area contributed by atoms with Gasteiger partial charge in [0.1, 0.15) is 13.2 Å². The Kier molecular flexibility index (Phi) is 35.2. The number of allylic oxidation sites excluding steroid dienone is 4. The Hall–Kier alpha value is -2.23. The van der Waals surface area contributed by atoms with Gasteiger partial charge in [-0.15, -0.1) is 0 Å². The van der Waals surface area contributed by atoms with Crippen molar-refractivity contribution in [3.8, 4) is 0 Å². The number of carbonyl (C=O) groups excluding carboxylic acids is 2. The quantitative estimate of drug-likeness (QED) is 0.0217. The Balaban J connectivity index is 4.48. The molecule has 0 saturated heterocycles. The molecule has 0 saturated carbocycles. The lowest BCUT2D eigenvalue weighted by Crippen LogP contribution is -2.40. The van der Waals surface area contributed by atoms with Crippen molar-refractivity contribution >= 4 is 17.9 Å². The van der Waals surface area contributed by atoms with Crippen molar-refractivity contribution in [3.05, 3.63) is 24.3 Å². The van der Waals surface area contributed by atoms with Crippen molar-refractivity contribution in [2.45, 2.75) is 193 Å². The first-order valence-corrected chi connectivity index (χ1v) is 21.5. The van der Waals surface area contributed by atoms with E-state index in [9.17, 15) is 19.5 Å². The molecular weight excluding hydrogens is 670 g/mol. The smallest absolute Gasteiger partial charge is 0.361 e. The number of ether oxygens (including phenoxy) is 4. The fraction of sp³-hybridized carbons (Fsp3) is 0.841. The predicted molar refractivity (Wildman–Crippen MR) is 217 cm³/mol. The fourth-order valence-corrected chi connectivity index (χ4v) is 5.79. The molecule has 9 heteroatoms.